The van der Waals surface area contributed by atoms with Gasteiger partial charge < -0.3 is 19.9 Å². The minimum absolute atomic E-state index is 0.0980. The monoisotopic (exact) mass is 287 g/mol. The van der Waals surface area contributed by atoms with E-state index in [4.69, 9.17) is 14.6 Å². The van der Waals surface area contributed by atoms with Gasteiger partial charge in [-0.25, -0.2) is 4.79 Å². The summed E-state index contributed by atoms with van der Waals surface area (Å²) in [5.41, 5.74) is 0.663. The lowest BCUT2D eigenvalue weighted by molar-refractivity contribution is 0.0689. The van der Waals surface area contributed by atoms with Gasteiger partial charge in [-0.05, 0) is 24.3 Å². The molecule has 1 aromatic heterocycles. The van der Waals surface area contributed by atoms with Crippen LogP contribution in [-0.4, -0.2) is 34.5 Å². The third kappa shape index (κ3) is 3.02. The number of ether oxygens (including phenoxy) is 2. The standard InChI is InChI=1S/C14H13N3O4/c18-14(19)10-3-5-13(17-16-10)15-9-2-4-11-12(8-9)21-7-1-6-20-11/h2-5,8H,1,6-7H2,(H,15,17)(H,18,19). The van der Waals surface area contributed by atoms with E-state index in [1.165, 1.54) is 6.07 Å². The number of aromatic carboxylic acids is 1. The van der Waals surface area contributed by atoms with Crippen LogP contribution < -0.4 is 14.8 Å². The molecule has 2 N–H and O–H groups in total. The molecular weight excluding hydrogens is 274 g/mol. The fourth-order valence-corrected chi connectivity index (χ4v) is 1.90. The number of fused-ring (bicyclic) bond motifs is 1. The van der Waals surface area contributed by atoms with Crippen molar-refractivity contribution >= 4 is 17.5 Å². The predicted molar refractivity (Wildman–Crippen MR) is 74.3 cm³/mol. The van der Waals surface area contributed by atoms with Crippen molar-refractivity contribution in [1.29, 1.82) is 0 Å². The van der Waals surface area contributed by atoms with E-state index in [1.54, 1.807) is 6.07 Å². The van der Waals surface area contributed by atoms with Crippen LogP contribution in [0.4, 0.5) is 11.5 Å². The van der Waals surface area contributed by atoms with Crippen LogP contribution >= 0.6 is 0 Å². The van der Waals surface area contributed by atoms with Gasteiger partial charge in [0.05, 0.1) is 13.2 Å². The fraction of sp³-hybridized carbons (Fsp3) is 0.214. The van der Waals surface area contributed by atoms with Gasteiger partial charge in [-0.2, -0.15) is 0 Å². The van der Waals surface area contributed by atoms with Crippen LogP contribution in [0.2, 0.25) is 0 Å². The third-order valence-electron chi connectivity index (χ3n) is 2.90. The summed E-state index contributed by atoms with van der Waals surface area (Å²) in [6, 6.07) is 8.41. The zero-order valence-electron chi connectivity index (χ0n) is 11.1. The summed E-state index contributed by atoms with van der Waals surface area (Å²) in [5, 5.41) is 19.2. The van der Waals surface area contributed by atoms with Crippen LogP contribution in [0.25, 0.3) is 0 Å². The number of rotatable bonds is 3. The van der Waals surface area contributed by atoms with Crippen molar-refractivity contribution < 1.29 is 19.4 Å². The molecule has 1 aromatic carbocycles. The highest BCUT2D eigenvalue weighted by atomic mass is 16.5. The number of hydrogen-bond acceptors (Lipinski definition) is 6. The Kier molecular flexibility index (Phi) is 3.55. The van der Waals surface area contributed by atoms with Crippen LogP contribution in [0, 0.1) is 0 Å². The molecule has 0 amide bonds. The van der Waals surface area contributed by atoms with Crippen LogP contribution in [-0.2, 0) is 0 Å². The SMILES string of the molecule is O=C(O)c1ccc(Nc2ccc3c(c2)OCCCO3)nn1. The molecule has 0 bridgehead atoms. The van der Waals surface area contributed by atoms with Crippen molar-refractivity contribution in [3.05, 3.63) is 36.0 Å². The van der Waals surface area contributed by atoms with E-state index in [0.717, 1.165) is 12.1 Å². The molecule has 0 fully saturated rings. The summed E-state index contributed by atoms with van der Waals surface area (Å²) in [5.74, 6) is 0.733. The molecule has 2 aromatic rings. The van der Waals surface area contributed by atoms with E-state index in [9.17, 15) is 4.79 Å². The Balaban J connectivity index is 1.78. The second-order valence-corrected chi connectivity index (χ2v) is 4.45. The largest absolute Gasteiger partial charge is 0.490 e. The quantitative estimate of drug-likeness (QED) is 0.892. The van der Waals surface area contributed by atoms with E-state index in [-0.39, 0.29) is 5.69 Å². The summed E-state index contributed by atoms with van der Waals surface area (Å²) < 4.78 is 11.1. The normalized spacial score (nSPS) is 13.3. The molecule has 0 unspecified atom stereocenters. The van der Waals surface area contributed by atoms with Crippen molar-refractivity contribution in [3.8, 4) is 11.5 Å². The molecule has 0 aliphatic carbocycles. The lowest BCUT2D eigenvalue weighted by Crippen LogP contribution is -2.03. The van der Waals surface area contributed by atoms with Gasteiger partial charge >= 0.3 is 5.97 Å². The molecule has 0 spiro atoms. The lowest BCUT2D eigenvalue weighted by Gasteiger charge is -2.10. The number of hydrogen-bond donors (Lipinski definition) is 2. The van der Waals surface area contributed by atoms with E-state index < -0.39 is 5.97 Å². The Bertz CT molecular complexity index is 658. The van der Waals surface area contributed by atoms with Gasteiger partial charge in [-0.1, -0.05) is 0 Å². The summed E-state index contributed by atoms with van der Waals surface area (Å²) >= 11 is 0. The van der Waals surface area contributed by atoms with Crippen molar-refractivity contribution in [1.82, 2.24) is 10.2 Å². The van der Waals surface area contributed by atoms with Crippen LogP contribution in [0.15, 0.2) is 30.3 Å². The molecule has 2 heterocycles. The van der Waals surface area contributed by atoms with E-state index >= 15 is 0 Å². The number of benzene rings is 1. The zero-order chi connectivity index (χ0) is 14.7. The Hall–Kier alpha value is -2.83. The highest BCUT2D eigenvalue weighted by molar-refractivity contribution is 5.85. The van der Waals surface area contributed by atoms with Gasteiger partial charge in [0, 0.05) is 18.2 Å². The highest BCUT2D eigenvalue weighted by Crippen LogP contribution is 2.32. The fourth-order valence-electron chi connectivity index (χ4n) is 1.90. The summed E-state index contributed by atoms with van der Waals surface area (Å²) in [7, 11) is 0. The second kappa shape index (κ2) is 5.66. The average molecular weight is 287 g/mol. The second-order valence-electron chi connectivity index (χ2n) is 4.45. The van der Waals surface area contributed by atoms with Crippen molar-refractivity contribution in [2.75, 3.05) is 18.5 Å². The molecule has 0 saturated carbocycles. The first-order valence-electron chi connectivity index (χ1n) is 6.46. The first-order valence-corrected chi connectivity index (χ1v) is 6.46. The maximum atomic E-state index is 10.7. The lowest BCUT2D eigenvalue weighted by atomic mass is 10.2. The molecule has 1 aliphatic rings. The first kappa shape index (κ1) is 13.2. The zero-order valence-corrected chi connectivity index (χ0v) is 11.1. The molecule has 7 heteroatoms. The van der Waals surface area contributed by atoms with Crippen molar-refractivity contribution in [2.45, 2.75) is 6.42 Å². The van der Waals surface area contributed by atoms with E-state index in [1.807, 2.05) is 18.2 Å². The Morgan fingerprint density at radius 2 is 1.90 bits per heavy atom. The van der Waals surface area contributed by atoms with Crippen LogP contribution in [0.1, 0.15) is 16.9 Å². The van der Waals surface area contributed by atoms with Gasteiger partial charge in [0.2, 0.25) is 0 Å². The number of carboxylic acid groups (broad SMARTS) is 1. The number of carbonyl (C=O) groups is 1. The summed E-state index contributed by atoms with van der Waals surface area (Å²) in [4.78, 5) is 10.7. The average Bonchev–Trinajstić information content (AvgIpc) is 2.72. The van der Waals surface area contributed by atoms with Gasteiger partial charge in [0.1, 0.15) is 0 Å². The number of carboxylic acids is 1. The Labute approximate surface area is 120 Å². The Morgan fingerprint density at radius 1 is 1.10 bits per heavy atom. The smallest absolute Gasteiger partial charge is 0.356 e. The molecular formula is C14H13N3O4. The number of nitrogens with zero attached hydrogens (tertiary/aromatic N) is 2. The minimum atomic E-state index is -1.11. The first-order chi connectivity index (χ1) is 10.2. The van der Waals surface area contributed by atoms with Gasteiger partial charge in [-0.15, -0.1) is 10.2 Å². The third-order valence-corrected chi connectivity index (χ3v) is 2.90. The molecule has 0 atom stereocenters. The van der Waals surface area contributed by atoms with E-state index in [0.29, 0.717) is 30.5 Å². The van der Waals surface area contributed by atoms with Gasteiger partial charge in [-0.3, -0.25) is 0 Å². The molecule has 108 valence electrons. The van der Waals surface area contributed by atoms with Crippen molar-refractivity contribution in [2.24, 2.45) is 0 Å². The number of anilines is 2. The highest BCUT2D eigenvalue weighted by Gasteiger charge is 2.11. The van der Waals surface area contributed by atoms with Crippen molar-refractivity contribution in [3.63, 3.8) is 0 Å². The molecule has 0 saturated heterocycles. The molecule has 21 heavy (non-hydrogen) atoms. The molecule has 7 nitrogen and oxygen atoms in total. The molecule has 3 rings (SSSR count). The van der Waals surface area contributed by atoms with E-state index in [2.05, 4.69) is 15.5 Å². The predicted octanol–water partition coefficient (Wildman–Crippen LogP) is 2.08. The number of aromatic nitrogens is 2. The molecule has 1 aliphatic heterocycles. The molecule has 0 radical (unpaired) electrons. The van der Waals surface area contributed by atoms with Gasteiger partial charge in [0.25, 0.3) is 0 Å². The maximum absolute atomic E-state index is 10.7. The van der Waals surface area contributed by atoms with Gasteiger partial charge in [0.15, 0.2) is 23.0 Å². The maximum Gasteiger partial charge on any atom is 0.356 e. The summed E-state index contributed by atoms with van der Waals surface area (Å²) in [6.07, 6.45) is 0.847. The van der Waals surface area contributed by atoms with Crippen LogP contribution in [0.5, 0.6) is 11.5 Å². The number of nitrogens with one attached hydrogen (secondary N) is 1. The van der Waals surface area contributed by atoms with Crippen LogP contribution in [0.3, 0.4) is 0 Å². The summed E-state index contributed by atoms with van der Waals surface area (Å²) in [6.45, 7) is 1.26. The Morgan fingerprint density at radius 3 is 2.62 bits per heavy atom. The minimum Gasteiger partial charge on any atom is -0.490 e. The topological polar surface area (TPSA) is 93.6 Å².